The minimum atomic E-state index is -0.787. The maximum atomic E-state index is 6.37. The Balaban J connectivity index is 2.00. The second-order valence-electron chi connectivity index (χ2n) is 3.62. The molecule has 0 aromatic heterocycles. The average Bonchev–Trinajstić information content (AvgIpc) is 2.32. The van der Waals surface area contributed by atoms with Gasteiger partial charge in [-0.15, -0.1) is 0 Å². The molecule has 1 aromatic rings. The van der Waals surface area contributed by atoms with E-state index in [-0.39, 0.29) is 4.83 Å². The molecule has 0 saturated carbocycles. The smallest absolute Gasteiger partial charge is 0.177 e. The summed E-state index contributed by atoms with van der Waals surface area (Å²) in [5.41, 5.74) is 1.12. The summed E-state index contributed by atoms with van der Waals surface area (Å²) in [5.74, 6) is 0. The molecule has 0 heterocycles. The van der Waals surface area contributed by atoms with Gasteiger partial charge in [-0.1, -0.05) is 76.1 Å². The van der Waals surface area contributed by atoms with Crippen LogP contribution in [0.2, 0.25) is 0 Å². The third-order valence-electron chi connectivity index (χ3n) is 2.39. The van der Waals surface area contributed by atoms with Crippen molar-refractivity contribution in [3.63, 3.8) is 0 Å². The van der Waals surface area contributed by atoms with Crippen molar-refractivity contribution < 1.29 is 4.74 Å². The highest BCUT2D eigenvalue weighted by Crippen LogP contribution is 2.33. The zero-order chi connectivity index (χ0) is 11.4. The molecule has 1 aliphatic carbocycles. The molecule has 2 atom stereocenters. The Morgan fingerprint density at radius 1 is 1.25 bits per heavy atom. The van der Waals surface area contributed by atoms with Crippen molar-refractivity contribution in [2.45, 2.75) is 16.5 Å². The normalized spacial score (nSPS) is 28.2. The van der Waals surface area contributed by atoms with Crippen LogP contribution in [-0.2, 0) is 11.3 Å². The lowest BCUT2D eigenvalue weighted by atomic mass is 10.1. The third-order valence-corrected chi connectivity index (χ3v) is 4.11. The van der Waals surface area contributed by atoms with Crippen molar-refractivity contribution in [2.75, 3.05) is 0 Å². The molecule has 1 aliphatic rings. The predicted octanol–water partition coefficient (Wildman–Crippen LogP) is 4.03. The quantitative estimate of drug-likeness (QED) is 0.766. The largest absolute Gasteiger partial charge is 0.350 e. The van der Waals surface area contributed by atoms with Crippen LogP contribution < -0.4 is 0 Å². The second kappa shape index (κ2) is 5.17. The van der Waals surface area contributed by atoms with Gasteiger partial charge >= 0.3 is 0 Å². The molecule has 16 heavy (non-hydrogen) atoms. The molecule has 1 nitrogen and oxygen atoms in total. The van der Waals surface area contributed by atoms with Gasteiger partial charge in [-0.25, -0.2) is 0 Å². The third kappa shape index (κ3) is 2.76. The van der Waals surface area contributed by atoms with Crippen LogP contribution in [0.1, 0.15) is 5.56 Å². The molecular formula is C13H12BrClO. The molecule has 0 radical (unpaired) electrons. The maximum Gasteiger partial charge on any atom is 0.177 e. The molecule has 2 unspecified atom stereocenters. The van der Waals surface area contributed by atoms with Crippen LogP contribution in [0.5, 0.6) is 0 Å². The molecule has 0 amide bonds. The summed E-state index contributed by atoms with van der Waals surface area (Å²) in [6, 6.07) is 10.00. The van der Waals surface area contributed by atoms with E-state index in [1.165, 1.54) is 0 Å². The Labute approximate surface area is 109 Å². The van der Waals surface area contributed by atoms with Crippen LogP contribution in [-0.4, -0.2) is 9.89 Å². The summed E-state index contributed by atoms with van der Waals surface area (Å²) in [5, 5.41) is -0.787. The first kappa shape index (κ1) is 11.9. The highest BCUT2D eigenvalue weighted by Gasteiger charge is 2.33. The predicted molar refractivity (Wildman–Crippen MR) is 70.8 cm³/mol. The van der Waals surface area contributed by atoms with E-state index in [0.717, 1.165) is 5.56 Å². The van der Waals surface area contributed by atoms with Crippen molar-refractivity contribution in [1.82, 2.24) is 0 Å². The Bertz CT molecular complexity index is 402. The van der Waals surface area contributed by atoms with Crippen LogP contribution in [0.4, 0.5) is 0 Å². The van der Waals surface area contributed by atoms with Gasteiger partial charge in [-0.05, 0) is 11.6 Å². The van der Waals surface area contributed by atoms with E-state index < -0.39 is 5.06 Å². The maximum absolute atomic E-state index is 6.37. The SMILES string of the molecule is ClC1(OCc2ccccc2)C=CC=CC1Br. The summed E-state index contributed by atoms with van der Waals surface area (Å²) in [4.78, 5) is -0.00428. The monoisotopic (exact) mass is 298 g/mol. The molecule has 3 heteroatoms. The first-order valence-corrected chi connectivity index (χ1v) is 6.37. The summed E-state index contributed by atoms with van der Waals surface area (Å²) in [6.45, 7) is 0.505. The summed E-state index contributed by atoms with van der Waals surface area (Å²) < 4.78 is 5.75. The fourth-order valence-electron chi connectivity index (χ4n) is 1.47. The first-order valence-electron chi connectivity index (χ1n) is 5.07. The van der Waals surface area contributed by atoms with Gasteiger partial charge in [0.05, 0.1) is 11.4 Å². The molecule has 0 spiro atoms. The van der Waals surface area contributed by atoms with Crippen LogP contribution in [0.3, 0.4) is 0 Å². The molecule has 84 valence electrons. The van der Waals surface area contributed by atoms with E-state index in [1.54, 1.807) is 0 Å². The Morgan fingerprint density at radius 2 is 2.00 bits per heavy atom. The van der Waals surface area contributed by atoms with Gasteiger partial charge in [0.2, 0.25) is 0 Å². The fraction of sp³-hybridized carbons (Fsp3) is 0.231. The van der Waals surface area contributed by atoms with E-state index in [9.17, 15) is 0 Å². The summed E-state index contributed by atoms with van der Waals surface area (Å²) >= 11 is 9.86. The zero-order valence-electron chi connectivity index (χ0n) is 8.64. The van der Waals surface area contributed by atoms with Gasteiger partial charge in [0.25, 0.3) is 0 Å². The molecule has 1 aromatic carbocycles. The molecule has 0 aliphatic heterocycles. The van der Waals surface area contributed by atoms with E-state index >= 15 is 0 Å². The van der Waals surface area contributed by atoms with Gasteiger partial charge in [-0.2, -0.15) is 0 Å². The van der Waals surface area contributed by atoms with Crippen molar-refractivity contribution in [2.24, 2.45) is 0 Å². The summed E-state index contributed by atoms with van der Waals surface area (Å²) in [6.07, 6.45) is 7.68. The second-order valence-corrected chi connectivity index (χ2v) is 5.20. The van der Waals surface area contributed by atoms with E-state index in [1.807, 2.05) is 54.6 Å². The number of hydrogen-bond donors (Lipinski definition) is 0. The minimum Gasteiger partial charge on any atom is -0.350 e. The molecule has 0 fully saturated rings. The van der Waals surface area contributed by atoms with Gasteiger partial charge in [0.1, 0.15) is 0 Å². The van der Waals surface area contributed by atoms with E-state index in [0.29, 0.717) is 6.61 Å². The molecule has 0 bridgehead atoms. The van der Waals surface area contributed by atoms with Crippen molar-refractivity contribution in [3.8, 4) is 0 Å². The van der Waals surface area contributed by atoms with Crippen LogP contribution >= 0.6 is 27.5 Å². The highest BCUT2D eigenvalue weighted by atomic mass is 79.9. The Kier molecular flexibility index (Phi) is 3.85. The fourth-order valence-corrected chi connectivity index (χ4v) is 2.13. The van der Waals surface area contributed by atoms with Crippen LogP contribution in [0.25, 0.3) is 0 Å². The minimum absolute atomic E-state index is 0.00428. The number of rotatable bonds is 3. The number of allylic oxidation sites excluding steroid dienone is 2. The molecular weight excluding hydrogens is 287 g/mol. The standard InChI is InChI=1S/C13H12BrClO/c14-12-8-4-5-9-13(12,15)16-10-11-6-2-1-3-7-11/h1-9,12H,10H2. The molecule has 0 saturated heterocycles. The van der Waals surface area contributed by atoms with Crippen LogP contribution in [0.15, 0.2) is 54.6 Å². The molecule has 2 rings (SSSR count). The Hall–Kier alpha value is -0.570. The van der Waals surface area contributed by atoms with Crippen LogP contribution in [0, 0.1) is 0 Å². The zero-order valence-corrected chi connectivity index (χ0v) is 11.0. The lowest BCUT2D eigenvalue weighted by Crippen LogP contribution is -2.33. The van der Waals surface area contributed by atoms with Gasteiger partial charge in [0.15, 0.2) is 5.06 Å². The first-order chi connectivity index (χ1) is 7.71. The highest BCUT2D eigenvalue weighted by molar-refractivity contribution is 9.09. The van der Waals surface area contributed by atoms with Gasteiger partial charge < -0.3 is 4.74 Å². The van der Waals surface area contributed by atoms with Crippen molar-refractivity contribution in [1.29, 1.82) is 0 Å². The van der Waals surface area contributed by atoms with Crippen molar-refractivity contribution in [3.05, 3.63) is 60.2 Å². The number of halogens is 2. The Morgan fingerprint density at radius 3 is 2.69 bits per heavy atom. The topological polar surface area (TPSA) is 9.23 Å². The number of benzene rings is 1. The number of hydrogen-bond acceptors (Lipinski definition) is 1. The van der Waals surface area contributed by atoms with Gasteiger partial charge in [0, 0.05) is 0 Å². The number of ether oxygens (including phenoxy) is 1. The lowest BCUT2D eigenvalue weighted by Gasteiger charge is -2.29. The number of alkyl halides is 2. The summed E-state index contributed by atoms with van der Waals surface area (Å²) in [7, 11) is 0. The molecule has 0 N–H and O–H groups in total. The lowest BCUT2D eigenvalue weighted by molar-refractivity contribution is 0.0465. The average molecular weight is 300 g/mol. The van der Waals surface area contributed by atoms with Gasteiger partial charge in [-0.3, -0.25) is 0 Å². The van der Waals surface area contributed by atoms with Crippen molar-refractivity contribution >= 4 is 27.5 Å². The van der Waals surface area contributed by atoms with E-state index in [4.69, 9.17) is 16.3 Å². The van der Waals surface area contributed by atoms with E-state index in [2.05, 4.69) is 15.9 Å².